The Morgan fingerprint density at radius 2 is 1.03 bits per heavy atom. The molecule has 0 spiro atoms. The second kappa shape index (κ2) is 29.2. The number of benzene rings is 4. The molecular formula is C46H57BBr2O14. The van der Waals surface area contributed by atoms with E-state index >= 15 is 0 Å². The Labute approximate surface area is 387 Å². The fourth-order valence-electron chi connectivity index (χ4n) is 5.01. The summed E-state index contributed by atoms with van der Waals surface area (Å²) in [4.78, 5) is 52.5. The lowest BCUT2D eigenvalue weighted by Gasteiger charge is -2.32. The third kappa shape index (κ3) is 19.0. The maximum atomic E-state index is 11.3. The quantitative estimate of drug-likeness (QED) is 0.0512. The zero-order valence-corrected chi connectivity index (χ0v) is 40.8. The van der Waals surface area contributed by atoms with Crippen molar-refractivity contribution in [2.45, 2.75) is 59.2 Å². The topological polar surface area (TPSA) is 168 Å². The molecule has 0 amide bonds. The Hall–Kier alpha value is -5.23. The fraction of sp³-hybridized carbons (Fsp3) is 0.370. The Kier molecular flexibility index (Phi) is 25.9. The lowest BCUT2D eigenvalue weighted by Crippen LogP contribution is -2.41. The molecule has 4 aromatic carbocycles. The van der Waals surface area contributed by atoms with Crippen molar-refractivity contribution in [1.29, 1.82) is 0 Å². The number of hydrogen-bond acceptors (Lipinski definition) is 14. The summed E-state index contributed by atoms with van der Waals surface area (Å²) in [6, 6.07) is 22.6. The van der Waals surface area contributed by atoms with E-state index in [1.54, 1.807) is 103 Å². The predicted octanol–water partition coefficient (Wildman–Crippen LogP) is 8.34. The van der Waals surface area contributed by atoms with Crippen LogP contribution in [-0.2, 0) is 34.8 Å². The molecule has 0 aliphatic carbocycles. The van der Waals surface area contributed by atoms with Crippen LogP contribution >= 0.6 is 31.9 Å². The Balaban J connectivity index is 0.000000410. The molecule has 0 aromatic heterocycles. The van der Waals surface area contributed by atoms with E-state index in [9.17, 15) is 24.0 Å². The van der Waals surface area contributed by atoms with Crippen molar-refractivity contribution in [2.24, 2.45) is 0 Å². The molecule has 0 radical (unpaired) electrons. The number of hydrogen-bond donors (Lipinski definition) is 0. The third-order valence-electron chi connectivity index (χ3n) is 9.00. The summed E-state index contributed by atoms with van der Waals surface area (Å²) in [7, 11) is 7.52. The zero-order valence-electron chi connectivity index (χ0n) is 37.6. The smallest absolute Gasteiger partial charge is 0.497 e. The van der Waals surface area contributed by atoms with Gasteiger partial charge in [-0.3, -0.25) is 24.0 Å². The molecule has 0 N–H and O–H groups in total. The zero-order chi connectivity index (χ0) is 47.6. The number of alkyl halides is 1. The largest absolute Gasteiger partial charge is 0.498 e. The van der Waals surface area contributed by atoms with Crippen LogP contribution in [0.2, 0.25) is 0 Å². The van der Waals surface area contributed by atoms with Gasteiger partial charge in [-0.15, -0.1) is 0 Å². The number of aldehydes is 3. The molecule has 1 heterocycles. The van der Waals surface area contributed by atoms with E-state index in [4.69, 9.17) is 37.7 Å². The molecule has 0 atom stereocenters. The molecule has 4 aromatic rings. The third-order valence-corrected chi connectivity index (χ3v) is 10.1. The number of ether oxygens (including phenoxy) is 7. The molecule has 0 unspecified atom stereocenters. The van der Waals surface area contributed by atoms with Crippen molar-refractivity contribution in [3.05, 3.63) is 106 Å². The van der Waals surface area contributed by atoms with Crippen LogP contribution in [0.15, 0.2) is 83.3 Å². The van der Waals surface area contributed by atoms with Gasteiger partial charge in [0.25, 0.3) is 0 Å². The van der Waals surface area contributed by atoms with Crippen molar-refractivity contribution in [3.63, 3.8) is 0 Å². The molecule has 14 nitrogen and oxygen atoms in total. The van der Waals surface area contributed by atoms with Gasteiger partial charge in [0.15, 0.2) is 0 Å². The highest BCUT2D eigenvalue weighted by atomic mass is 79.9. The van der Waals surface area contributed by atoms with Gasteiger partial charge in [-0.1, -0.05) is 15.9 Å². The first kappa shape index (κ1) is 55.8. The van der Waals surface area contributed by atoms with E-state index in [0.29, 0.717) is 46.5 Å². The molecule has 0 saturated carbocycles. The van der Waals surface area contributed by atoms with E-state index < -0.39 is 7.12 Å². The minimum Gasteiger partial charge on any atom is -0.497 e. The van der Waals surface area contributed by atoms with Crippen molar-refractivity contribution in [3.8, 4) is 28.7 Å². The first-order valence-corrected chi connectivity index (χ1v) is 21.3. The van der Waals surface area contributed by atoms with E-state index in [2.05, 4.69) is 36.6 Å². The van der Waals surface area contributed by atoms with Gasteiger partial charge in [0, 0.05) is 27.7 Å². The molecule has 1 aliphatic rings. The predicted molar refractivity (Wildman–Crippen MR) is 249 cm³/mol. The van der Waals surface area contributed by atoms with Crippen LogP contribution in [0.5, 0.6) is 28.7 Å². The first-order valence-electron chi connectivity index (χ1n) is 19.4. The maximum absolute atomic E-state index is 11.3. The lowest BCUT2D eigenvalue weighted by atomic mass is 9.78. The summed E-state index contributed by atoms with van der Waals surface area (Å²) in [6.07, 6.45) is 2.44. The van der Waals surface area contributed by atoms with E-state index in [1.165, 1.54) is 7.11 Å². The minimum atomic E-state index is -0.449. The molecule has 342 valence electrons. The van der Waals surface area contributed by atoms with Crippen LogP contribution in [0.25, 0.3) is 0 Å². The number of carbonyl (C=O) groups excluding carboxylic acids is 5. The van der Waals surface area contributed by atoms with E-state index in [0.717, 1.165) is 51.8 Å². The number of carbonyl (C=O) groups is 5. The van der Waals surface area contributed by atoms with Gasteiger partial charge in [0.05, 0.1) is 70.9 Å². The van der Waals surface area contributed by atoms with Gasteiger partial charge in [0.2, 0.25) is 0 Å². The van der Waals surface area contributed by atoms with Gasteiger partial charge in [0.1, 0.15) is 52.9 Å². The van der Waals surface area contributed by atoms with Crippen LogP contribution in [0.1, 0.15) is 78.2 Å². The second-order valence-electron chi connectivity index (χ2n) is 13.7. The molecule has 1 fully saturated rings. The van der Waals surface area contributed by atoms with Crippen molar-refractivity contribution >= 4 is 75.2 Å². The highest BCUT2D eigenvalue weighted by Gasteiger charge is 2.52. The second-order valence-corrected chi connectivity index (χ2v) is 15.1. The van der Waals surface area contributed by atoms with Gasteiger partial charge in [-0.25, -0.2) is 0 Å². The van der Waals surface area contributed by atoms with Crippen molar-refractivity contribution in [2.75, 3.05) is 54.1 Å². The molecular weight excluding hydrogens is 947 g/mol. The molecule has 17 heteroatoms. The SMILES string of the molecule is CCOC(=O)CBr.CCOC(=O)Cc1cc(C=O)ccc1OC.COc1ccc(C=O)cc1.COc1ccc(C=O)cc1Br.COc1ccc(OC)c(B2OC(C)(C)C(C)(C)O2)c1. The number of esters is 2. The summed E-state index contributed by atoms with van der Waals surface area (Å²) < 4.78 is 47.8. The van der Waals surface area contributed by atoms with Gasteiger partial charge in [-0.05, 0) is 136 Å². The van der Waals surface area contributed by atoms with Crippen molar-refractivity contribution in [1.82, 2.24) is 0 Å². The highest BCUT2D eigenvalue weighted by molar-refractivity contribution is 9.10. The summed E-state index contributed by atoms with van der Waals surface area (Å²) >= 11 is 6.21. The van der Waals surface area contributed by atoms with Crippen LogP contribution in [0.4, 0.5) is 0 Å². The first-order chi connectivity index (χ1) is 30.0. The maximum Gasteiger partial charge on any atom is 0.498 e. The average molecular weight is 1000 g/mol. The number of halogens is 2. The molecule has 5 rings (SSSR count). The highest BCUT2D eigenvalue weighted by Crippen LogP contribution is 2.37. The Morgan fingerprint density at radius 1 is 0.587 bits per heavy atom. The standard InChI is InChI=1S/C14H21BO4.C12H14O4.C8H7BrO2.C8H8O2.C4H7BrO2/c1-13(2)14(3,4)19-15(18-13)11-9-10(16-5)7-8-12(11)17-6;1-3-16-12(14)7-10-6-9(8-13)4-5-11(10)15-2;1-11-8-3-2-6(5-10)4-7(8)9;1-10-8-4-2-7(6-9)3-5-8;1-2-7-4(6)3-5/h7-9H,1-6H3;4-6,8H,3,7H2,1-2H3;2-5H,1H3;2-6H,1H3;2-3H2,1H3. The van der Waals surface area contributed by atoms with Crippen LogP contribution < -0.4 is 29.1 Å². The molecule has 0 bridgehead atoms. The fourth-order valence-corrected chi connectivity index (χ4v) is 5.73. The Morgan fingerprint density at radius 3 is 1.46 bits per heavy atom. The lowest BCUT2D eigenvalue weighted by molar-refractivity contribution is -0.142. The van der Waals surface area contributed by atoms with Crippen LogP contribution in [0.3, 0.4) is 0 Å². The summed E-state index contributed by atoms with van der Waals surface area (Å²) in [5.41, 5.74) is 2.59. The number of methoxy groups -OCH3 is 5. The Bertz CT molecular complexity index is 2020. The van der Waals surface area contributed by atoms with Crippen LogP contribution in [0, 0.1) is 0 Å². The number of rotatable bonds is 14. The molecule has 63 heavy (non-hydrogen) atoms. The van der Waals surface area contributed by atoms with Crippen molar-refractivity contribution < 1.29 is 66.4 Å². The van der Waals surface area contributed by atoms with Crippen LogP contribution in [-0.4, -0.2) is 103 Å². The van der Waals surface area contributed by atoms with E-state index in [1.807, 2.05) is 45.9 Å². The van der Waals surface area contributed by atoms with Gasteiger partial charge >= 0.3 is 19.1 Å². The molecule has 1 aliphatic heterocycles. The summed E-state index contributed by atoms with van der Waals surface area (Å²) in [6.45, 7) is 12.4. The summed E-state index contributed by atoms with van der Waals surface area (Å²) in [5.74, 6) is 3.04. The molecule has 1 saturated heterocycles. The van der Waals surface area contributed by atoms with Gasteiger partial charge in [-0.2, -0.15) is 0 Å². The van der Waals surface area contributed by atoms with Gasteiger partial charge < -0.3 is 42.5 Å². The normalized spacial score (nSPS) is 12.6. The monoisotopic (exact) mass is 1000 g/mol. The summed E-state index contributed by atoms with van der Waals surface area (Å²) in [5, 5.41) is 0.292. The average Bonchev–Trinajstić information content (AvgIpc) is 3.52. The van der Waals surface area contributed by atoms with E-state index in [-0.39, 0.29) is 29.6 Å². The minimum absolute atomic E-state index is 0.110.